The third-order valence-corrected chi connectivity index (χ3v) is 4.06. The summed E-state index contributed by atoms with van der Waals surface area (Å²) in [6.45, 7) is 6.62. The van der Waals surface area contributed by atoms with Crippen LogP contribution in [-0.2, 0) is 14.3 Å². The van der Waals surface area contributed by atoms with Gasteiger partial charge in [0.1, 0.15) is 18.3 Å². The van der Waals surface area contributed by atoms with Gasteiger partial charge in [-0.25, -0.2) is 14.0 Å². The van der Waals surface area contributed by atoms with Gasteiger partial charge in [-0.15, -0.1) is 0 Å². The van der Waals surface area contributed by atoms with Crippen molar-refractivity contribution in [3.8, 4) is 22.6 Å². The van der Waals surface area contributed by atoms with Crippen molar-refractivity contribution in [3.63, 3.8) is 0 Å². The quantitative estimate of drug-likeness (QED) is 0.231. The van der Waals surface area contributed by atoms with Gasteiger partial charge in [0.2, 0.25) is 0 Å². The fraction of sp³-hybridized carbons (Fsp3) is 0. The zero-order valence-corrected chi connectivity index (χ0v) is 15.8. The summed E-state index contributed by atoms with van der Waals surface area (Å²) in [6, 6.07) is 15.4. The minimum atomic E-state index is -0.645. The Morgan fingerprint density at radius 3 is 2.20 bits per heavy atom. The Balaban J connectivity index is 1.78. The zero-order chi connectivity index (χ0) is 21.5. The highest BCUT2D eigenvalue weighted by molar-refractivity contribution is 5.90. The van der Waals surface area contributed by atoms with Gasteiger partial charge < -0.3 is 14.2 Å². The number of esters is 2. The van der Waals surface area contributed by atoms with Crippen LogP contribution in [-0.4, -0.2) is 11.9 Å². The number of ether oxygens (including phenoxy) is 3. The van der Waals surface area contributed by atoms with Gasteiger partial charge in [-0.3, -0.25) is 0 Å². The molecule has 0 fully saturated rings. The number of hydrogen-bond donors (Lipinski definition) is 0. The average Bonchev–Trinajstić information content (AvgIpc) is 2.76. The van der Waals surface area contributed by atoms with Crippen molar-refractivity contribution in [1.82, 2.24) is 0 Å². The molecule has 0 unspecified atom stereocenters. The molecule has 0 spiro atoms. The van der Waals surface area contributed by atoms with E-state index in [2.05, 4.69) is 17.9 Å². The van der Waals surface area contributed by atoms with Crippen LogP contribution >= 0.6 is 0 Å². The zero-order valence-electron chi connectivity index (χ0n) is 15.8. The lowest BCUT2D eigenvalue weighted by atomic mass is 10.0. The molecule has 0 N–H and O–H groups in total. The van der Waals surface area contributed by atoms with Gasteiger partial charge in [-0.2, -0.15) is 0 Å². The van der Waals surface area contributed by atoms with Crippen LogP contribution in [0.3, 0.4) is 0 Å². The van der Waals surface area contributed by atoms with E-state index in [-0.39, 0.29) is 5.75 Å². The van der Waals surface area contributed by atoms with Crippen molar-refractivity contribution in [3.05, 3.63) is 98.2 Å². The summed E-state index contributed by atoms with van der Waals surface area (Å²) < 4.78 is 29.2. The van der Waals surface area contributed by atoms with Gasteiger partial charge in [0.25, 0.3) is 0 Å². The second-order valence-corrected chi connectivity index (χ2v) is 6.03. The first-order valence-electron chi connectivity index (χ1n) is 8.83. The molecule has 0 aromatic heterocycles. The smallest absolute Gasteiger partial charge is 0.335 e. The molecule has 30 heavy (non-hydrogen) atoms. The van der Waals surface area contributed by atoms with Crippen LogP contribution in [0.5, 0.6) is 11.5 Å². The van der Waals surface area contributed by atoms with Crippen LogP contribution in [0.1, 0.15) is 0 Å². The highest BCUT2D eigenvalue weighted by atomic mass is 19.1. The molecule has 6 heteroatoms. The summed E-state index contributed by atoms with van der Waals surface area (Å²) in [5, 5.41) is 1.77. The van der Waals surface area contributed by atoms with Crippen molar-refractivity contribution in [1.29, 1.82) is 0 Å². The monoisotopic (exact) mass is 404 g/mol. The molecule has 0 heterocycles. The predicted octanol–water partition coefficient (Wildman–Crippen LogP) is 5.32. The van der Waals surface area contributed by atoms with Crippen LogP contribution in [0.2, 0.25) is 0 Å². The first kappa shape index (κ1) is 20.5. The van der Waals surface area contributed by atoms with Crippen LogP contribution in [0.4, 0.5) is 4.39 Å². The Bertz CT molecular complexity index is 1160. The Morgan fingerprint density at radius 2 is 1.47 bits per heavy atom. The maximum atomic E-state index is 14.4. The molecule has 0 amide bonds. The van der Waals surface area contributed by atoms with E-state index in [1.807, 2.05) is 24.3 Å². The minimum absolute atomic E-state index is 0.0147. The molecule has 0 radical (unpaired) electrons. The lowest BCUT2D eigenvalue weighted by Gasteiger charge is -2.08. The number of carbonyl (C=O) groups is 2. The predicted molar refractivity (Wildman–Crippen MR) is 111 cm³/mol. The number of carbonyl (C=O) groups excluding carboxylic acids is 2. The Kier molecular flexibility index (Phi) is 6.39. The molecule has 0 aliphatic rings. The summed E-state index contributed by atoms with van der Waals surface area (Å²) >= 11 is 0. The SMILES string of the molecule is C=CC(=O)OC=COc1ccc(-c2ccc3cc(OC(=O)C=C)ccc3c2)cc1F. The lowest BCUT2D eigenvalue weighted by Crippen LogP contribution is -2.02. The van der Waals surface area contributed by atoms with Crippen molar-refractivity contribution in [2.45, 2.75) is 0 Å². The molecule has 0 atom stereocenters. The molecule has 3 aromatic rings. The van der Waals surface area contributed by atoms with Crippen molar-refractivity contribution in [2.75, 3.05) is 0 Å². The third-order valence-electron chi connectivity index (χ3n) is 4.06. The van der Waals surface area contributed by atoms with Gasteiger partial charge in [0.15, 0.2) is 11.6 Å². The number of halogens is 1. The molecule has 3 rings (SSSR count). The van der Waals surface area contributed by atoms with E-state index < -0.39 is 17.8 Å². The number of fused-ring (bicyclic) bond motifs is 1. The molecule has 0 aliphatic carbocycles. The van der Waals surface area contributed by atoms with E-state index in [4.69, 9.17) is 9.47 Å². The lowest BCUT2D eigenvalue weighted by molar-refractivity contribution is -0.132. The summed E-state index contributed by atoms with van der Waals surface area (Å²) in [4.78, 5) is 22.2. The second-order valence-electron chi connectivity index (χ2n) is 6.03. The van der Waals surface area contributed by atoms with E-state index in [1.54, 1.807) is 18.2 Å². The molecule has 150 valence electrons. The molecular weight excluding hydrogens is 387 g/mol. The van der Waals surface area contributed by atoms with Gasteiger partial charge in [-0.1, -0.05) is 37.4 Å². The second kappa shape index (κ2) is 9.34. The van der Waals surface area contributed by atoms with Gasteiger partial charge >= 0.3 is 11.9 Å². The summed E-state index contributed by atoms with van der Waals surface area (Å²) in [7, 11) is 0. The van der Waals surface area contributed by atoms with Crippen LogP contribution in [0, 0.1) is 5.82 Å². The Labute approximate surface area is 172 Å². The standard InChI is InChI=1S/C24H17FO5/c1-3-23(26)29-12-11-28-22-10-8-19(15-21(22)25)16-5-6-18-14-20(30-24(27)4-2)9-7-17(18)13-16/h3-15H,1-2H2. The maximum absolute atomic E-state index is 14.4. The van der Waals surface area contributed by atoms with E-state index in [0.29, 0.717) is 11.3 Å². The van der Waals surface area contributed by atoms with Gasteiger partial charge in [0, 0.05) is 12.2 Å². The molecule has 0 bridgehead atoms. The first-order chi connectivity index (χ1) is 14.5. The molecule has 0 aliphatic heterocycles. The largest absolute Gasteiger partial charge is 0.459 e. The van der Waals surface area contributed by atoms with Crippen LogP contribution in [0.15, 0.2) is 92.4 Å². The Morgan fingerprint density at radius 1 is 0.800 bits per heavy atom. The minimum Gasteiger partial charge on any atom is -0.459 e. The Hall–Kier alpha value is -4.19. The highest BCUT2D eigenvalue weighted by Crippen LogP contribution is 2.30. The number of benzene rings is 3. The van der Waals surface area contributed by atoms with E-state index >= 15 is 0 Å². The highest BCUT2D eigenvalue weighted by Gasteiger charge is 2.08. The fourth-order valence-electron chi connectivity index (χ4n) is 2.64. The number of rotatable bonds is 7. The fourth-order valence-corrected chi connectivity index (χ4v) is 2.64. The average molecular weight is 404 g/mol. The van der Waals surface area contributed by atoms with Crippen LogP contribution in [0.25, 0.3) is 21.9 Å². The van der Waals surface area contributed by atoms with Crippen molar-refractivity contribution >= 4 is 22.7 Å². The molecular formula is C24H17FO5. The molecule has 0 saturated carbocycles. The summed E-state index contributed by atoms with van der Waals surface area (Å²) in [5.41, 5.74) is 1.46. The van der Waals surface area contributed by atoms with Crippen molar-refractivity contribution < 1.29 is 28.2 Å². The van der Waals surface area contributed by atoms with Gasteiger partial charge in [-0.05, 0) is 52.2 Å². The summed E-state index contributed by atoms with van der Waals surface area (Å²) in [5.74, 6) is -1.34. The molecule has 5 nitrogen and oxygen atoms in total. The molecule has 0 saturated heterocycles. The van der Waals surface area contributed by atoms with Crippen LogP contribution < -0.4 is 9.47 Å². The topological polar surface area (TPSA) is 61.8 Å². The summed E-state index contributed by atoms with van der Waals surface area (Å²) in [6.07, 6.45) is 4.16. The number of hydrogen-bond acceptors (Lipinski definition) is 5. The van der Waals surface area contributed by atoms with E-state index in [1.165, 1.54) is 12.1 Å². The maximum Gasteiger partial charge on any atom is 0.335 e. The third kappa shape index (κ3) is 4.99. The first-order valence-corrected chi connectivity index (χ1v) is 8.83. The molecule has 3 aromatic carbocycles. The van der Waals surface area contributed by atoms with E-state index in [9.17, 15) is 14.0 Å². The normalized spacial score (nSPS) is 10.6. The van der Waals surface area contributed by atoms with E-state index in [0.717, 1.165) is 41.0 Å². The van der Waals surface area contributed by atoms with Crippen molar-refractivity contribution in [2.24, 2.45) is 0 Å². The van der Waals surface area contributed by atoms with Gasteiger partial charge in [0.05, 0.1) is 0 Å².